The summed E-state index contributed by atoms with van der Waals surface area (Å²) < 4.78 is 13.0. The van der Waals surface area contributed by atoms with Crippen LogP contribution in [0.1, 0.15) is 23.2 Å². The van der Waals surface area contributed by atoms with Crippen molar-refractivity contribution in [1.82, 2.24) is 9.97 Å². The zero-order valence-electron chi connectivity index (χ0n) is 10.6. The molecular formula is C14H12Cl2FN3. The van der Waals surface area contributed by atoms with Gasteiger partial charge in [-0.25, -0.2) is 14.4 Å². The molecule has 0 fully saturated rings. The van der Waals surface area contributed by atoms with Crippen molar-refractivity contribution in [1.29, 1.82) is 0 Å². The molecule has 1 aliphatic carbocycles. The average molecular weight is 312 g/mol. The Labute approximate surface area is 126 Å². The zero-order chi connectivity index (χ0) is 14.1. The van der Waals surface area contributed by atoms with Crippen molar-refractivity contribution in [3.63, 3.8) is 0 Å². The van der Waals surface area contributed by atoms with Gasteiger partial charge in [0.1, 0.15) is 11.0 Å². The number of nitrogens with zero attached hydrogens (tertiary/aromatic N) is 2. The van der Waals surface area contributed by atoms with Crippen molar-refractivity contribution in [3.05, 3.63) is 51.0 Å². The molecule has 1 aliphatic rings. The van der Waals surface area contributed by atoms with E-state index in [9.17, 15) is 4.39 Å². The number of fused-ring (bicyclic) bond motifs is 1. The summed E-state index contributed by atoms with van der Waals surface area (Å²) in [4.78, 5) is 8.69. The van der Waals surface area contributed by atoms with E-state index in [-0.39, 0.29) is 5.82 Å². The minimum Gasteiger partial charge on any atom is -0.350 e. The molecule has 3 rings (SSSR count). The van der Waals surface area contributed by atoms with Crippen molar-refractivity contribution in [2.75, 3.05) is 5.32 Å². The Kier molecular flexibility index (Phi) is 3.76. The minimum absolute atomic E-state index is 0.351. The molecule has 0 saturated carbocycles. The number of anilines is 1. The van der Waals surface area contributed by atoms with Gasteiger partial charge in [0.05, 0.1) is 5.69 Å². The number of rotatable bonds is 3. The van der Waals surface area contributed by atoms with Gasteiger partial charge in [0, 0.05) is 17.1 Å². The summed E-state index contributed by atoms with van der Waals surface area (Å²) in [7, 11) is 0. The first-order valence-electron chi connectivity index (χ1n) is 6.36. The van der Waals surface area contributed by atoms with Crippen LogP contribution in [0.2, 0.25) is 10.2 Å². The lowest BCUT2D eigenvalue weighted by molar-refractivity contribution is 0.627. The Morgan fingerprint density at radius 1 is 1.20 bits per heavy atom. The highest BCUT2D eigenvalue weighted by Gasteiger charge is 2.18. The van der Waals surface area contributed by atoms with E-state index < -0.39 is 0 Å². The van der Waals surface area contributed by atoms with Gasteiger partial charge in [-0.3, -0.25) is 0 Å². The molecule has 20 heavy (non-hydrogen) atoms. The molecule has 0 aliphatic heterocycles. The molecular weight excluding hydrogens is 300 g/mol. The lowest BCUT2D eigenvalue weighted by Gasteiger charge is -2.09. The minimum atomic E-state index is -0.351. The smallest absolute Gasteiger partial charge is 0.224 e. The molecule has 0 saturated heterocycles. The molecule has 6 heteroatoms. The van der Waals surface area contributed by atoms with Gasteiger partial charge in [0.2, 0.25) is 5.95 Å². The second kappa shape index (κ2) is 5.54. The summed E-state index contributed by atoms with van der Waals surface area (Å²) >= 11 is 12.1. The molecule has 0 atom stereocenters. The number of halogens is 3. The molecule has 1 heterocycles. The van der Waals surface area contributed by atoms with Crippen LogP contribution < -0.4 is 5.32 Å². The lowest BCUT2D eigenvalue weighted by Crippen LogP contribution is -2.06. The first-order valence-corrected chi connectivity index (χ1v) is 7.12. The highest BCUT2D eigenvalue weighted by atomic mass is 35.5. The molecule has 3 nitrogen and oxygen atoms in total. The van der Waals surface area contributed by atoms with Crippen LogP contribution in [-0.2, 0) is 19.4 Å². The third-order valence-electron chi connectivity index (χ3n) is 3.33. The van der Waals surface area contributed by atoms with Gasteiger partial charge in [0.15, 0.2) is 0 Å². The lowest BCUT2D eigenvalue weighted by atomic mass is 10.2. The van der Waals surface area contributed by atoms with Gasteiger partial charge in [-0.1, -0.05) is 29.3 Å². The van der Waals surface area contributed by atoms with Crippen molar-refractivity contribution in [3.8, 4) is 0 Å². The standard InChI is InChI=1S/C14H12Cl2FN3/c15-11-6-9(17)5-4-8(11)7-18-14-19-12-3-1-2-10(12)13(16)20-14/h4-6H,1-3,7H2,(H,18,19,20). The monoisotopic (exact) mass is 311 g/mol. The topological polar surface area (TPSA) is 37.8 Å². The first-order chi connectivity index (χ1) is 9.63. The van der Waals surface area contributed by atoms with E-state index in [1.54, 1.807) is 6.07 Å². The summed E-state index contributed by atoms with van der Waals surface area (Å²) in [6.07, 6.45) is 2.94. The predicted molar refractivity (Wildman–Crippen MR) is 77.8 cm³/mol. The molecule has 1 N–H and O–H groups in total. The molecule has 1 aromatic heterocycles. The predicted octanol–water partition coefficient (Wildman–Crippen LogP) is 4.02. The van der Waals surface area contributed by atoms with Crippen LogP contribution in [0, 0.1) is 5.82 Å². The largest absolute Gasteiger partial charge is 0.350 e. The van der Waals surface area contributed by atoms with Gasteiger partial charge >= 0.3 is 0 Å². The number of nitrogens with one attached hydrogen (secondary N) is 1. The van der Waals surface area contributed by atoms with E-state index in [2.05, 4.69) is 15.3 Å². The van der Waals surface area contributed by atoms with Crippen LogP contribution in [-0.4, -0.2) is 9.97 Å². The quantitative estimate of drug-likeness (QED) is 0.870. The maximum Gasteiger partial charge on any atom is 0.224 e. The summed E-state index contributed by atoms with van der Waals surface area (Å²) in [6, 6.07) is 4.30. The second-order valence-corrected chi connectivity index (χ2v) is 5.47. The van der Waals surface area contributed by atoms with Gasteiger partial charge in [-0.15, -0.1) is 0 Å². The highest BCUT2D eigenvalue weighted by molar-refractivity contribution is 6.31. The summed E-state index contributed by atoms with van der Waals surface area (Å²) in [5.74, 6) is 0.131. The third-order valence-corrected chi connectivity index (χ3v) is 4.00. The number of hydrogen-bond donors (Lipinski definition) is 1. The van der Waals surface area contributed by atoms with Crippen molar-refractivity contribution < 1.29 is 4.39 Å². The van der Waals surface area contributed by atoms with Crippen molar-refractivity contribution >= 4 is 29.2 Å². The number of benzene rings is 1. The number of aryl methyl sites for hydroxylation is 1. The van der Waals surface area contributed by atoms with Gasteiger partial charge in [0.25, 0.3) is 0 Å². The van der Waals surface area contributed by atoms with Crippen LogP contribution >= 0.6 is 23.2 Å². The fourth-order valence-electron chi connectivity index (χ4n) is 2.31. The molecule has 0 bridgehead atoms. The molecule has 0 spiro atoms. The summed E-state index contributed by atoms with van der Waals surface area (Å²) in [5, 5.41) is 3.97. The second-order valence-electron chi connectivity index (χ2n) is 4.71. The normalized spacial score (nSPS) is 13.3. The van der Waals surface area contributed by atoms with Crippen LogP contribution in [0.5, 0.6) is 0 Å². The Morgan fingerprint density at radius 3 is 2.85 bits per heavy atom. The third kappa shape index (κ3) is 2.72. The SMILES string of the molecule is Fc1ccc(CNc2nc(Cl)c3c(n2)CCC3)c(Cl)c1. The number of aromatic nitrogens is 2. The maximum atomic E-state index is 13.0. The van der Waals surface area contributed by atoms with E-state index in [1.807, 2.05) is 0 Å². The molecule has 2 aromatic rings. The van der Waals surface area contributed by atoms with Gasteiger partial charge in [-0.05, 0) is 37.0 Å². The Hall–Kier alpha value is -1.39. The average Bonchev–Trinajstić information content (AvgIpc) is 2.86. The first kappa shape index (κ1) is 13.6. The summed E-state index contributed by atoms with van der Waals surface area (Å²) in [5.41, 5.74) is 2.85. The Bertz CT molecular complexity index is 661. The number of hydrogen-bond acceptors (Lipinski definition) is 3. The van der Waals surface area contributed by atoms with E-state index in [1.165, 1.54) is 12.1 Å². The zero-order valence-corrected chi connectivity index (χ0v) is 12.1. The Morgan fingerprint density at radius 2 is 2.05 bits per heavy atom. The highest BCUT2D eigenvalue weighted by Crippen LogP contribution is 2.27. The molecule has 104 valence electrons. The van der Waals surface area contributed by atoms with Crippen LogP contribution in [0.4, 0.5) is 10.3 Å². The molecule has 1 aromatic carbocycles. The van der Waals surface area contributed by atoms with Crippen LogP contribution in [0.25, 0.3) is 0 Å². The maximum absolute atomic E-state index is 13.0. The van der Waals surface area contributed by atoms with E-state index in [4.69, 9.17) is 23.2 Å². The van der Waals surface area contributed by atoms with Gasteiger partial charge < -0.3 is 5.32 Å². The Balaban J connectivity index is 1.77. The molecule has 0 amide bonds. The molecule has 0 unspecified atom stereocenters. The van der Waals surface area contributed by atoms with Crippen LogP contribution in [0.3, 0.4) is 0 Å². The van der Waals surface area contributed by atoms with Crippen molar-refractivity contribution in [2.24, 2.45) is 0 Å². The van der Waals surface area contributed by atoms with E-state index in [0.717, 1.165) is 36.1 Å². The fourth-order valence-corrected chi connectivity index (χ4v) is 2.82. The van der Waals surface area contributed by atoms with Crippen LogP contribution in [0.15, 0.2) is 18.2 Å². The molecule has 0 radical (unpaired) electrons. The summed E-state index contributed by atoms with van der Waals surface area (Å²) in [6.45, 7) is 0.425. The fraction of sp³-hybridized carbons (Fsp3) is 0.286. The van der Waals surface area contributed by atoms with E-state index >= 15 is 0 Å². The van der Waals surface area contributed by atoms with Gasteiger partial charge in [-0.2, -0.15) is 0 Å². The van der Waals surface area contributed by atoms with Crippen molar-refractivity contribution in [2.45, 2.75) is 25.8 Å². The van der Waals surface area contributed by atoms with E-state index in [0.29, 0.717) is 22.7 Å².